The highest BCUT2D eigenvalue weighted by Crippen LogP contribution is 2.30. The molecule has 21 heavy (non-hydrogen) atoms. The topological polar surface area (TPSA) is 83.8 Å². The smallest absolute Gasteiger partial charge is 0.293 e. The third-order valence-corrected chi connectivity index (χ3v) is 3.59. The zero-order chi connectivity index (χ0) is 15.6. The van der Waals surface area contributed by atoms with E-state index in [1.165, 1.54) is 13.0 Å². The van der Waals surface area contributed by atoms with Crippen LogP contribution in [0.1, 0.15) is 23.7 Å². The lowest BCUT2D eigenvalue weighted by atomic mass is 10.1. The molecular formula is C14H17N3O4. The summed E-state index contributed by atoms with van der Waals surface area (Å²) in [6.45, 7) is 2.67. The van der Waals surface area contributed by atoms with Gasteiger partial charge in [-0.1, -0.05) is 0 Å². The van der Waals surface area contributed by atoms with Gasteiger partial charge in [0.1, 0.15) is 5.69 Å². The Kier molecular flexibility index (Phi) is 4.21. The summed E-state index contributed by atoms with van der Waals surface area (Å²) in [6, 6.07) is 4.38. The average Bonchev–Trinajstić information content (AvgIpc) is 2.60. The first-order chi connectivity index (χ1) is 9.90. The third kappa shape index (κ3) is 3.18. The highest BCUT2D eigenvalue weighted by molar-refractivity contribution is 5.95. The minimum Gasteiger partial charge on any atom is -0.357 e. The Labute approximate surface area is 122 Å². The Morgan fingerprint density at radius 1 is 1.33 bits per heavy atom. The SMILES string of the molecule is CC(=O)c1ccc(N2CCCN(C)C(=O)C2)c([N+](=O)[O-])c1. The maximum absolute atomic E-state index is 11.9. The molecule has 0 spiro atoms. The van der Waals surface area contributed by atoms with E-state index in [1.54, 1.807) is 29.0 Å². The number of carbonyl (C=O) groups excluding carboxylic acids is 2. The molecule has 1 fully saturated rings. The van der Waals surface area contributed by atoms with Crippen LogP contribution in [0.3, 0.4) is 0 Å². The van der Waals surface area contributed by atoms with Gasteiger partial charge < -0.3 is 9.80 Å². The van der Waals surface area contributed by atoms with Gasteiger partial charge in [-0.3, -0.25) is 19.7 Å². The van der Waals surface area contributed by atoms with Crippen molar-refractivity contribution >= 4 is 23.1 Å². The van der Waals surface area contributed by atoms with Crippen LogP contribution in [0.5, 0.6) is 0 Å². The van der Waals surface area contributed by atoms with E-state index in [-0.39, 0.29) is 23.9 Å². The van der Waals surface area contributed by atoms with E-state index in [0.29, 0.717) is 24.3 Å². The van der Waals surface area contributed by atoms with E-state index in [9.17, 15) is 19.7 Å². The lowest BCUT2D eigenvalue weighted by molar-refractivity contribution is -0.384. The molecule has 1 amide bonds. The summed E-state index contributed by atoms with van der Waals surface area (Å²) in [7, 11) is 1.72. The predicted molar refractivity (Wildman–Crippen MR) is 77.6 cm³/mol. The maximum atomic E-state index is 11.9. The number of anilines is 1. The number of ketones is 1. The normalized spacial score (nSPS) is 15.8. The van der Waals surface area contributed by atoms with Crippen molar-refractivity contribution < 1.29 is 14.5 Å². The van der Waals surface area contributed by atoms with Crippen molar-refractivity contribution in [1.29, 1.82) is 0 Å². The lowest BCUT2D eigenvalue weighted by Gasteiger charge is -2.21. The van der Waals surface area contributed by atoms with Crippen molar-refractivity contribution in [2.75, 3.05) is 31.6 Å². The average molecular weight is 291 g/mol. The van der Waals surface area contributed by atoms with Crippen LogP contribution in [0, 0.1) is 10.1 Å². The molecule has 0 radical (unpaired) electrons. The number of likely N-dealkylation sites (N-methyl/N-ethyl adjacent to an activating group) is 1. The van der Waals surface area contributed by atoms with E-state index >= 15 is 0 Å². The molecule has 0 aliphatic carbocycles. The fourth-order valence-corrected chi connectivity index (χ4v) is 2.35. The number of benzene rings is 1. The minimum absolute atomic E-state index is 0.0718. The second-order valence-corrected chi connectivity index (χ2v) is 5.11. The molecule has 112 valence electrons. The van der Waals surface area contributed by atoms with Crippen LogP contribution < -0.4 is 4.90 Å². The molecule has 1 aliphatic rings. The minimum atomic E-state index is -0.513. The highest BCUT2D eigenvalue weighted by atomic mass is 16.6. The highest BCUT2D eigenvalue weighted by Gasteiger charge is 2.25. The summed E-state index contributed by atoms with van der Waals surface area (Å²) in [5.74, 6) is -0.297. The Bertz CT molecular complexity index is 600. The number of hydrogen-bond acceptors (Lipinski definition) is 5. The Morgan fingerprint density at radius 3 is 2.67 bits per heavy atom. The molecule has 7 heteroatoms. The molecule has 7 nitrogen and oxygen atoms in total. The number of nitro benzene ring substituents is 1. The fourth-order valence-electron chi connectivity index (χ4n) is 2.35. The number of carbonyl (C=O) groups is 2. The number of amides is 1. The molecule has 2 rings (SSSR count). The first-order valence-corrected chi connectivity index (χ1v) is 6.68. The van der Waals surface area contributed by atoms with Gasteiger partial charge in [-0.15, -0.1) is 0 Å². The molecule has 1 saturated heterocycles. The van der Waals surface area contributed by atoms with Gasteiger partial charge in [0, 0.05) is 31.8 Å². The van der Waals surface area contributed by atoms with Gasteiger partial charge in [0.2, 0.25) is 5.91 Å². The summed E-state index contributed by atoms with van der Waals surface area (Å²) < 4.78 is 0. The zero-order valence-corrected chi connectivity index (χ0v) is 12.0. The molecule has 0 aromatic heterocycles. The summed E-state index contributed by atoms with van der Waals surface area (Å²) in [4.78, 5) is 37.3. The Balaban J connectivity index is 2.40. The maximum Gasteiger partial charge on any atom is 0.293 e. The number of hydrogen-bond donors (Lipinski definition) is 0. The van der Waals surface area contributed by atoms with E-state index < -0.39 is 4.92 Å². The molecule has 1 heterocycles. The van der Waals surface area contributed by atoms with Crippen molar-refractivity contribution in [2.45, 2.75) is 13.3 Å². The lowest BCUT2D eigenvalue weighted by Crippen LogP contribution is -2.34. The van der Waals surface area contributed by atoms with Gasteiger partial charge in [0.25, 0.3) is 5.69 Å². The predicted octanol–water partition coefficient (Wildman–Crippen LogP) is 1.47. The van der Waals surface area contributed by atoms with Crippen molar-refractivity contribution in [3.63, 3.8) is 0 Å². The summed E-state index contributed by atoms with van der Waals surface area (Å²) >= 11 is 0. The molecular weight excluding hydrogens is 274 g/mol. The largest absolute Gasteiger partial charge is 0.357 e. The summed E-state index contributed by atoms with van der Waals surface area (Å²) in [5, 5.41) is 11.2. The molecule has 0 saturated carbocycles. The van der Waals surface area contributed by atoms with E-state index in [0.717, 1.165) is 6.42 Å². The van der Waals surface area contributed by atoms with Gasteiger partial charge in [0.15, 0.2) is 5.78 Å². The van der Waals surface area contributed by atoms with E-state index in [1.807, 2.05) is 0 Å². The van der Waals surface area contributed by atoms with Crippen LogP contribution in [0.4, 0.5) is 11.4 Å². The molecule has 0 bridgehead atoms. The standard InChI is InChI=1S/C14H17N3O4/c1-10(18)11-4-5-12(13(8-11)17(20)21)16-7-3-6-15(2)14(19)9-16/h4-5,8H,3,6-7,9H2,1-2H3. The number of Topliss-reactive ketones (excluding diaryl/α,β-unsaturated/α-hetero) is 1. The van der Waals surface area contributed by atoms with Crippen molar-refractivity contribution in [1.82, 2.24) is 4.90 Å². The third-order valence-electron chi connectivity index (χ3n) is 3.59. The van der Waals surface area contributed by atoms with Crippen molar-refractivity contribution in [3.8, 4) is 0 Å². The van der Waals surface area contributed by atoms with Gasteiger partial charge >= 0.3 is 0 Å². The van der Waals surface area contributed by atoms with Gasteiger partial charge in [-0.25, -0.2) is 0 Å². The molecule has 1 aromatic carbocycles. The molecule has 1 aliphatic heterocycles. The second-order valence-electron chi connectivity index (χ2n) is 5.11. The number of nitrogens with zero attached hydrogens (tertiary/aromatic N) is 3. The quantitative estimate of drug-likeness (QED) is 0.478. The molecule has 1 aromatic rings. The van der Waals surface area contributed by atoms with Crippen LogP contribution >= 0.6 is 0 Å². The second kappa shape index (κ2) is 5.90. The van der Waals surface area contributed by atoms with Crippen LogP contribution in [0.25, 0.3) is 0 Å². The monoisotopic (exact) mass is 291 g/mol. The number of nitro groups is 1. The Morgan fingerprint density at radius 2 is 2.05 bits per heavy atom. The molecule has 0 unspecified atom stereocenters. The van der Waals surface area contributed by atoms with Crippen LogP contribution in [0.15, 0.2) is 18.2 Å². The van der Waals surface area contributed by atoms with Crippen LogP contribution in [-0.4, -0.2) is 48.2 Å². The van der Waals surface area contributed by atoms with Gasteiger partial charge in [0.05, 0.1) is 11.5 Å². The van der Waals surface area contributed by atoms with Crippen molar-refractivity contribution in [2.24, 2.45) is 0 Å². The first kappa shape index (κ1) is 15.0. The van der Waals surface area contributed by atoms with Crippen LogP contribution in [0.2, 0.25) is 0 Å². The molecule has 0 N–H and O–H groups in total. The zero-order valence-electron chi connectivity index (χ0n) is 12.0. The number of rotatable bonds is 3. The van der Waals surface area contributed by atoms with Gasteiger partial charge in [-0.05, 0) is 25.5 Å². The van der Waals surface area contributed by atoms with Gasteiger partial charge in [-0.2, -0.15) is 0 Å². The van der Waals surface area contributed by atoms with E-state index in [4.69, 9.17) is 0 Å². The first-order valence-electron chi connectivity index (χ1n) is 6.68. The Hall–Kier alpha value is -2.44. The fraction of sp³-hybridized carbons (Fsp3) is 0.429. The van der Waals surface area contributed by atoms with E-state index in [2.05, 4.69) is 0 Å². The van der Waals surface area contributed by atoms with Crippen molar-refractivity contribution in [3.05, 3.63) is 33.9 Å². The summed E-state index contributed by atoms with van der Waals surface area (Å²) in [5.41, 5.74) is 0.539. The molecule has 0 atom stereocenters. The summed E-state index contributed by atoms with van der Waals surface area (Å²) in [6.07, 6.45) is 0.744. The van der Waals surface area contributed by atoms with Crippen LogP contribution in [-0.2, 0) is 4.79 Å².